The van der Waals surface area contributed by atoms with Gasteiger partial charge in [0.1, 0.15) is 5.82 Å². The largest absolute Gasteiger partial charge is 0.304 e. The molecule has 0 atom stereocenters. The highest BCUT2D eigenvalue weighted by Crippen LogP contribution is 2.21. The number of piperidine rings is 1. The average Bonchev–Trinajstić information content (AvgIpc) is 2.84. The molecule has 1 aliphatic heterocycles. The fraction of sp³-hybridized carbons (Fsp3) is 0.600. The SMILES string of the molecule is CCN1CCC(Cc2nnc3cccc(C)n23)CC1. The predicted octanol–water partition coefficient (Wildman–Crippen LogP) is 2.31. The van der Waals surface area contributed by atoms with Gasteiger partial charge in [0, 0.05) is 12.1 Å². The first-order valence-electron chi connectivity index (χ1n) is 7.30. The first kappa shape index (κ1) is 12.6. The van der Waals surface area contributed by atoms with E-state index in [1.165, 1.54) is 38.2 Å². The van der Waals surface area contributed by atoms with Crippen molar-refractivity contribution in [2.75, 3.05) is 19.6 Å². The fourth-order valence-electron chi connectivity index (χ4n) is 3.07. The first-order valence-corrected chi connectivity index (χ1v) is 7.30. The van der Waals surface area contributed by atoms with Crippen LogP contribution in [0.1, 0.15) is 31.3 Å². The Labute approximate surface area is 114 Å². The van der Waals surface area contributed by atoms with Crippen molar-refractivity contribution < 1.29 is 0 Å². The molecule has 3 heterocycles. The maximum Gasteiger partial charge on any atom is 0.160 e. The van der Waals surface area contributed by atoms with Gasteiger partial charge in [-0.3, -0.25) is 4.40 Å². The molecule has 1 fully saturated rings. The van der Waals surface area contributed by atoms with Crippen LogP contribution in [0.15, 0.2) is 18.2 Å². The van der Waals surface area contributed by atoms with Crippen LogP contribution >= 0.6 is 0 Å². The van der Waals surface area contributed by atoms with Crippen LogP contribution in [0.2, 0.25) is 0 Å². The zero-order chi connectivity index (χ0) is 13.2. The van der Waals surface area contributed by atoms with Gasteiger partial charge < -0.3 is 4.90 Å². The van der Waals surface area contributed by atoms with Crippen LogP contribution in [0.4, 0.5) is 0 Å². The molecule has 2 aromatic rings. The molecule has 0 unspecified atom stereocenters. The summed E-state index contributed by atoms with van der Waals surface area (Å²) in [5, 5.41) is 8.67. The minimum Gasteiger partial charge on any atom is -0.304 e. The number of fused-ring (bicyclic) bond motifs is 1. The van der Waals surface area contributed by atoms with Crippen molar-refractivity contribution in [1.29, 1.82) is 0 Å². The van der Waals surface area contributed by atoms with Gasteiger partial charge in [-0.2, -0.15) is 0 Å². The summed E-state index contributed by atoms with van der Waals surface area (Å²) in [6.45, 7) is 8.02. The van der Waals surface area contributed by atoms with Crippen LogP contribution in [0.3, 0.4) is 0 Å². The zero-order valence-corrected chi connectivity index (χ0v) is 11.8. The van der Waals surface area contributed by atoms with E-state index in [-0.39, 0.29) is 0 Å². The second-order valence-electron chi connectivity index (χ2n) is 5.56. The van der Waals surface area contributed by atoms with E-state index in [1.54, 1.807) is 0 Å². The molecule has 0 bridgehead atoms. The Balaban J connectivity index is 1.75. The lowest BCUT2D eigenvalue weighted by Gasteiger charge is -2.30. The van der Waals surface area contributed by atoms with E-state index in [0.29, 0.717) is 0 Å². The minimum absolute atomic E-state index is 0.759. The van der Waals surface area contributed by atoms with Crippen molar-refractivity contribution in [2.24, 2.45) is 5.92 Å². The van der Waals surface area contributed by atoms with E-state index >= 15 is 0 Å². The second kappa shape index (κ2) is 5.29. The number of rotatable bonds is 3. The smallest absolute Gasteiger partial charge is 0.160 e. The zero-order valence-electron chi connectivity index (χ0n) is 11.8. The third-order valence-corrected chi connectivity index (χ3v) is 4.32. The number of aryl methyl sites for hydroxylation is 1. The molecule has 2 aromatic heterocycles. The lowest BCUT2D eigenvalue weighted by molar-refractivity contribution is 0.190. The molecular weight excluding hydrogens is 236 g/mol. The van der Waals surface area contributed by atoms with Crippen LogP contribution in [-0.4, -0.2) is 39.1 Å². The number of hydrogen-bond acceptors (Lipinski definition) is 3. The summed E-state index contributed by atoms with van der Waals surface area (Å²) in [6, 6.07) is 6.20. The molecule has 0 N–H and O–H groups in total. The summed E-state index contributed by atoms with van der Waals surface area (Å²) in [5.74, 6) is 1.89. The number of nitrogens with zero attached hydrogens (tertiary/aromatic N) is 4. The number of hydrogen-bond donors (Lipinski definition) is 0. The van der Waals surface area contributed by atoms with Crippen molar-refractivity contribution in [3.63, 3.8) is 0 Å². The van der Waals surface area contributed by atoms with Gasteiger partial charge in [-0.1, -0.05) is 13.0 Å². The lowest BCUT2D eigenvalue weighted by atomic mass is 9.93. The first-order chi connectivity index (χ1) is 9.28. The van der Waals surface area contributed by atoms with Crippen molar-refractivity contribution in [3.8, 4) is 0 Å². The van der Waals surface area contributed by atoms with Crippen LogP contribution in [0.25, 0.3) is 5.65 Å². The second-order valence-corrected chi connectivity index (χ2v) is 5.56. The molecule has 0 spiro atoms. The summed E-state index contributed by atoms with van der Waals surface area (Å²) < 4.78 is 2.20. The summed E-state index contributed by atoms with van der Waals surface area (Å²) in [5.41, 5.74) is 2.20. The molecule has 0 saturated carbocycles. The molecule has 0 radical (unpaired) electrons. The summed E-state index contributed by atoms with van der Waals surface area (Å²) >= 11 is 0. The van der Waals surface area contributed by atoms with Gasteiger partial charge in [0.25, 0.3) is 0 Å². The molecule has 1 aliphatic rings. The quantitative estimate of drug-likeness (QED) is 0.847. The monoisotopic (exact) mass is 258 g/mol. The van der Waals surface area contributed by atoms with Crippen molar-refractivity contribution in [3.05, 3.63) is 29.7 Å². The third kappa shape index (κ3) is 2.50. The predicted molar refractivity (Wildman–Crippen MR) is 76.3 cm³/mol. The Morgan fingerprint density at radius 2 is 2.00 bits per heavy atom. The van der Waals surface area contributed by atoms with Gasteiger partial charge in [0.15, 0.2) is 5.65 Å². The Hall–Kier alpha value is -1.42. The number of aromatic nitrogens is 3. The van der Waals surface area contributed by atoms with Crippen molar-refractivity contribution in [1.82, 2.24) is 19.5 Å². The van der Waals surface area contributed by atoms with Gasteiger partial charge in [0.05, 0.1) is 0 Å². The van der Waals surface area contributed by atoms with Gasteiger partial charge in [-0.25, -0.2) is 0 Å². The molecule has 3 rings (SSSR count). The van der Waals surface area contributed by atoms with E-state index in [9.17, 15) is 0 Å². The van der Waals surface area contributed by atoms with Gasteiger partial charge in [-0.15, -0.1) is 10.2 Å². The maximum atomic E-state index is 4.39. The van der Waals surface area contributed by atoms with Crippen LogP contribution in [0.5, 0.6) is 0 Å². The topological polar surface area (TPSA) is 33.4 Å². The molecular formula is C15H22N4. The molecule has 0 aliphatic carbocycles. The van der Waals surface area contributed by atoms with Gasteiger partial charge in [-0.05, 0) is 57.5 Å². The minimum atomic E-state index is 0.759. The van der Waals surface area contributed by atoms with E-state index in [4.69, 9.17) is 0 Å². The van der Waals surface area contributed by atoms with Crippen LogP contribution in [0, 0.1) is 12.8 Å². The van der Waals surface area contributed by atoms with E-state index in [1.807, 2.05) is 12.1 Å². The average molecular weight is 258 g/mol. The van der Waals surface area contributed by atoms with E-state index in [0.717, 1.165) is 23.8 Å². The Morgan fingerprint density at radius 1 is 1.21 bits per heavy atom. The maximum absolute atomic E-state index is 4.39. The summed E-state index contributed by atoms with van der Waals surface area (Å²) in [4.78, 5) is 2.53. The van der Waals surface area contributed by atoms with E-state index in [2.05, 4.69) is 39.4 Å². The summed E-state index contributed by atoms with van der Waals surface area (Å²) in [6.07, 6.45) is 3.63. The highest BCUT2D eigenvalue weighted by molar-refractivity contribution is 5.39. The van der Waals surface area contributed by atoms with Gasteiger partial charge in [0.2, 0.25) is 0 Å². The Morgan fingerprint density at radius 3 is 2.74 bits per heavy atom. The highest BCUT2D eigenvalue weighted by Gasteiger charge is 2.20. The fourth-order valence-corrected chi connectivity index (χ4v) is 3.07. The van der Waals surface area contributed by atoms with Crippen LogP contribution < -0.4 is 0 Å². The van der Waals surface area contributed by atoms with Crippen molar-refractivity contribution >= 4 is 5.65 Å². The Kier molecular flexibility index (Phi) is 3.51. The molecule has 0 amide bonds. The third-order valence-electron chi connectivity index (χ3n) is 4.32. The summed E-state index contributed by atoms with van der Waals surface area (Å²) in [7, 11) is 0. The Bertz CT molecular complexity index is 552. The normalized spacial score (nSPS) is 18.2. The van der Waals surface area contributed by atoms with E-state index < -0.39 is 0 Å². The number of likely N-dealkylation sites (tertiary alicyclic amines) is 1. The highest BCUT2D eigenvalue weighted by atomic mass is 15.2. The molecule has 19 heavy (non-hydrogen) atoms. The molecule has 0 aromatic carbocycles. The van der Waals surface area contributed by atoms with Crippen molar-refractivity contribution in [2.45, 2.75) is 33.1 Å². The standard InChI is InChI=1S/C15H22N4/c1-3-18-9-7-13(8-10-18)11-15-17-16-14-6-4-5-12(2)19(14)15/h4-6,13H,3,7-11H2,1-2H3. The lowest BCUT2D eigenvalue weighted by Crippen LogP contribution is -2.34. The molecule has 1 saturated heterocycles. The van der Waals surface area contributed by atoms with Crippen LogP contribution in [-0.2, 0) is 6.42 Å². The molecule has 102 valence electrons. The molecule has 4 heteroatoms. The number of pyridine rings is 1. The molecule has 4 nitrogen and oxygen atoms in total. The van der Waals surface area contributed by atoms with Gasteiger partial charge >= 0.3 is 0 Å².